The van der Waals surface area contributed by atoms with Gasteiger partial charge in [0.1, 0.15) is 12.4 Å². The summed E-state index contributed by atoms with van der Waals surface area (Å²) >= 11 is 0. The predicted molar refractivity (Wildman–Crippen MR) is 69.4 cm³/mol. The van der Waals surface area contributed by atoms with Gasteiger partial charge in [-0.05, 0) is 37.6 Å². The second kappa shape index (κ2) is 6.74. The molecule has 0 saturated carbocycles. The molecular weight excluding hydrogens is 214 g/mol. The maximum absolute atomic E-state index is 11.8. The number of hydrogen-bond acceptors (Lipinski definition) is 2. The summed E-state index contributed by atoms with van der Waals surface area (Å²) in [6, 6.07) is 7.29. The summed E-state index contributed by atoms with van der Waals surface area (Å²) in [4.78, 5) is 11.8. The van der Waals surface area contributed by atoms with Crippen LogP contribution >= 0.6 is 0 Å². The van der Waals surface area contributed by atoms with E-state index in [1.54, 1.807) is 30.3 Å². The highest BCUT2D eigenvalue weighted by Crippen LogP contribution is 2.12. The highest BCUT2D eigenvalue weighted by Gasteiger charge is 2.07. The van der Waals surface area contributed by atoms with Crippen LogP contribution in [0.15, 0.2) is 36.9 Å². The fourth-order valence-corrected chi connectivity index (χ4v) is 1.27. The number of carbonyl (C=O) groups is 1. The van der Waals surface area contributed by atoms with Crippen LogP contribution in [0.1, 0.15) is 30.6 Å². The highest BCUT2D eigenvalue weighted by molar-refractivity contribution is 5.94. The molecule has 0 heterocycles. The van der Waals surface area contributed by atoms with Gasteiger partial charge in [-0.25, -0.2) is 0 Å². The van der Waals surface area contributed by atoms with Gasteiger partial charge < -0.3 is 10.1 Å². The molecule has 0 saturated heterocycles. The summed E-state index contributed by atoms with van der Waals surface area (Å²) in [7, 11) is 0. The van der Waals surface area contributed by atoms with Gasteiger partial charge in [0, 0.05) is 11.6 Å². The Labute approximate surface area is 102 Å². The van der Waals surface area contributed by atoms with Gasteiger partial charge in [-0.1, -0.05) is 19.6 Å². The minimum Gasteiger partial charge on any atom is -0.490 e. The predicted octanol–water partition coefficient (Wildman–Crippen LogP) is 2.78. The molecule has 3 heteroatoms. The van der Waals surface area contributed by atoms with E-state index in [9.17, 15) is 4.79 Å². The molecule has 92 valence electrons. The van der Waals surface area contributed by atoms with Crippen LogP contribution in [0.3, 0.4) is 0 Å². The molecule has 1 aromatic carbocycles. The molecule has 1 amide bonds. The molecule has 0 fully saturated rings. The molecule has 0 radical (unpaired) electrons. The Hall–Kier alpha value is -1.77. The van der Waals surface area contributed by atoms with E-state index in [1.807, 2.05) is 13.8 Å². The van der Waals surface area contributed by atoms with E-state index in [0.717, 1.165) is 12.2 Å². The van der Waals surface area contributed by atoms with Crippen LogP contribution in [0.2, 0.25) is 0 Å². The number of carbonyl (C=O) groups excluding carboxylic acids is 1. The molecule has 1 aromatic rings. The van der Waals surface area contributed by atoms with Crippen molar-refractivity contribution >= 4 is 5.91 Å². The quantitative estimate of drug-likeness (QED) is 0.767. The average Bonchev–Trinajstić information content (AvgIpc) is 2.36. The molecule has 0 aliphatic heterocycles. The number of rotatable bonds is 6. The second-order valence-electron chi connectivity index (χ2n) is 3.91. The van der Waals surface area contributed by atoms with Gasteiger partial charge in [0.25, 0.3) is 5.91 Å². The summed E-state index contributed by atoms with van der Waals surface area (Å²) < 4.78 is 5.34. The molecular formula is C14H19NO2. The Kier molecular flexibility index (Phi) is 5.27. The first-order valence-corrected chi connectivity index (χ1v) is 5.82. The second-order valence-corrected chi connectivity index (χ2v) is 3.91. The van der Waals surface area contributed by atoms with Crippen LogP contribution < -0.4 is 10.1 Å². The van der Waals surface area contributed by atoms with Crippen LogP contribution in [-0.2, 0) is 0 Å². The number of amides is 1. The molecule has 0 spiro atoms. The molecule has 0 bridgehead atoms. The van der Waals surface area contributed by atoms with E-state index >= 15 is 0 Å². The van der Waals surface area contributed by atoms with Crippen molar-refractivity contribution < 1.29 is 9.53 Å². The molecule has 0 aliphatic rings. The highest BCUT2D eigenvalue weighted by atomic mass is 16.5. The Morgan fingerprint density at radius 1 is 1.47 bits per heavy atom. The van der Waals surface area contributed by atoms with Crippen molar-refractivity contribution in [1.82, 2.24) is 5.32 Å². The Bertz CT molecular complexity index is 370. The molecule has 1 N–H and O–H groups in total. The molecule has 3 nitrogen and oxygen atoms in total. The summed E-state index contributed by atoms with van der Waals surface area (Å²) in [6.07, 6.45) is 2.61. The average molecular weight is 233 g/mol. The number of ether oxygens (including phenoxy) is 1. The largest absolute Gasteiger partial charge is 0.490 e. The third kappa shape index (κ3) is 4.31. The molecule has 0 aliphatic carbocycles. The van der Waals surface area contributed by atoms with E-state index in [4.69, 9.17) is 4.74 Å². The van der Waals surface area contributed by atoms with E-state index in [0.29, 0.717) is 12.2 Å². The molecule has 1 rings (SSSR count). The van der Waals surface area contributed by atoms with Crippen LogP contribution in [0.4, 0.5) is 0 Å². The van der Waals surface area contributed by atoms with Gasteiger partial charge in [0.05, 0.1) is 0 Å². The minimum absolute atomic E-state index is 0.0466. The third-order valence-electron chi connectivity index (χ3n) is 2.47. The lowest BCUT2D eigenvalue weighted by molar-refractivity contribution is 0.0939. The van der Waals surface area contributed by atoms with Gasteiger partial charge >= 0.3 is 0 Å². The van der Waals surface area contributed by atoms with E-state index in [-0.39, 0.29) is 11.9 Å². The first-order valence-electron chi connectivity index (χ1n) is 5.82. The number of hydrogen-bond donors (Lipinski definition) is 1. The Morgan fingerprint density at radius 3 is 2.65 bits per heavy atom. The third-order valence-corrected chi connectivity index (χ3v) is 2.47. The normalized spacial score (nSPS) is 11.6. The van der Waals surface area contributed by atoms with Crippen LogP contribution in [0, 0.1) is 0 Å². The molecule has 1 unspecified atom stereocenters. The van der Waals surface area contributed by atoms with Crippen molar-refractivity contribution in [2.24, 2.45) is 0 Å². The van der Waals surface area contributed by atoms with Crippen LogP contribution in [0.25, 0.3) is 0 Å². The SMILES string of the molecule is C=CCOc1ccc(C(=O)NC(C)CC)cc1. The lowest BCUT2D eigenvalue weighted by atomic mass is 10.2. The van der Waals surface area contributed by atoms with Crippen molar-refractivity contribution in [2.75, 3.05) is 6.61 Å². The lowest BCUT2D eigenvalue weighted by Gasteiger charge is -2.11. The summed E-state index contributed by atoms with van der Waals surface area (Å²) in [5, 5.41) is 2.91. The van der Waals surface area contributed by atoms with Gasteiger partial charge in [-0.2, -0.15) is 0 Å². The lowest BCUT2D eigenvalue weighted by Crippen LogP contribution is -2.31. The number of benzene rings is 1. The first-order chi connectivity index (χ1) is 8.17. The van der Waals surface area contributed by atoms with Crippen molar-refractivity contribution in [1.29, 1.82) is 0 Å². The van der Waals surface area contributed by atoms with Crippen LogP contribution in [0.5, 0.6) is 5.75 Å². The maximum Gasteiger partial charge on any atom is 0.251 e. The summed E-state index contributed by atoms with van der Waals surface area (Å²) in [5.74, 6) is 0.694. The maximum atomic E-state index is 11.8. The van der Waals surface area contributed by atoms with Crippen LogP contribution in [-0.4, -0.2) is 18.6 Å². The topological polar surface area (TPSA) is 38.3 Å². The van der Waals surface area contributed by atoms with E-state index < -0.39 is 0 Å². The number of nitrogens with one attached hydrogen (secondary N) is 1. The van der Waals surface area contributed by atoms with Crippen molar-refractivity contribution in [3.8, 4) is 5.75 Å². The fraction of sp³-hybridized carbons (Fsp3) is 0.357. The minimum atomic E-state index is -0.0466. The van der Waals surface area contributed by atoms with Gasteiger partial charge in [-0.15, -0.1) is 0 Å². The van der Waals surface area contributed by atoms with Crippen molar-refractivity contribution in [3.05, 3.63) is 42.5 Å². The van der Waals surface area contributed by atoms with Crippen molar-refractivity contribution in [3.63, 3.8) is 0 Å². The monoisotopic (exact) mass is 233 g/mol. The van der Waals surface area contributed by atoms with Gasteiger partial charge in [0.15, 0.2) is 0 Å². The molecule has 1 atom stereocenters. The van der Waals surface area contributed by atoms with Gasteiger partial charge in [-0.3, -0.25) is 4.79 Å². The first kappa shape index (κ1) is 13.3. The smallest absolute Gasteiger partial charge is 0.251 e. The van der Waals surface area contributed by atoms with Crippen molar-refractivity contribution in [2.45, 2.75) is 26.3 Å². The van der Waals surface area contributed by atoms with E-state index in [2.05, 4.69) is 11.9 Å². The Morgan fingerprint density at radius 2 is 2.12 bits per heavy atom. The molecule has 17 heavy (non-hydrogen) atoms. The van der Waals surface area contributed by atoms with Gasteiger partial charge in [0.2, 0.25) is 0 Å². The summed E-state index contributed by atoms with van der Waals surface area (Å²) in [5.41, 5.74) is 0.649. The molecule has 0 aromatic heterocycles. The van der Waals surface area contributed by atoms with E-state index in [1.165, 1.54) is 0 Å². The zero-order valence-electron chi connectivity index (χ0n) is 10.4. The standard InChI is InChI=1S/C14H19NO2/c1-4-10-17-13-8-6-12(7-9-13)14(16)15-11(3)5-2/h4,6-9,11H,1,5,10H2,2-3H3,(H,15,16). The Balaban J connectivity index is 2.60. The zero-order chi connectivity index (χ0) is 12.7. The zero-order valence-corrected chi connectivity index (χ0v) is 10.4. The summed E-state index contributed by atoms with van der Waals surface area (Å²) in [6.45, 7) is 8.07. The fourth-order valence-electron chi connectivity index (χ4n) is 1.27.